The molecule has 0 N–H and O–H groups in total. The maximum atomic E-state index is 11.9. The molecule has 5 heterocycles. The first-order valence-corrected chi connectivity index (χ1v) is 38.2. The molecule has 5 atom stereocenters. The molecule has 5 aliphatic rings. The lowest BCUT2D eigenvalue weighted by Crippen LogP contribution is -2.27. The van der Waals surface area contributed by atoms with Crippen LogP contribution in [-0.4, -0.2) is 182 Å². The number of esters is 5. The lowest BCUT2D eigenvalue weighted by Gasteiger charge is -2.16. The average Bonchev–Trinajstić information content (AvgIpc) is 1.88. The van der Waals surface area contributed by atoms with Gasteiger partial charge in [-0.15, -0.1) is 0 Å². The van der Waals surface area contributed by atoms with Gasteiger partial charge in [-0.3, -0.25) is 47.9 Å². The second kappa shape index (κ2) is 56.7. The zero-order valence-corrected chi connectivity index (χ0v) is 61.6. The number of carbonyl (C=O) groups excluding carboxylic acids is 10. The second-order valence-corrected chi connectivity index (χ2v) is 26.6. The topological polar surface area (TPSA) is 233 Å². The second-order valence-electron chi connectivity index (χ2n) is 26.6. The third-order valence-corrected chi connectivity index (χ3v) is 17.6. The van der Waals surface area contributed by atoms with Gasteiger partial charge in [-0.05, 0) is 64.2 Å². The normalized spacial score (nSPS) is 18.9. The van der Waals surface area contributed by atoms with Crippen LogP contribution in [0, 0.1) is 29.6 Å². The van der Waals surface area contributed by atoms with Crippen LogP contribution in [0.3, 0.4) is 0 Å². The number of carbonyl (C=O) groups is 10. The van der Waals surface area contributed by atoms with Crippen molar-refractivity contribution in [3.63, 3.8) is 0 Å². The average molecular weight is 1350 g/mol. The minimum Gasteiger partial charge on any atom is -0.465 e. The Morgan fingerprint density at radius 1 is 0.242 bits per heavy atom. The largest absolute Gasteiger partial charge is 0.465 e. The van der Waals surface area contributed by atoms with E-state index in [1.807, 2.05) is 54.2 Å². The fourth-order valence-corrected chi connectivity index (χ4v) is 11.9. The van der Waals surface area contributed by atoms with Crippen LogP contribution < -0.4 is 0 Å². The third kappa shape index (κ3) is 39.6. The molecule has 0 aromatic heterocycles. The maximum absolute atomic E-state index is 11.9. The molecule has 0 aromatic rings. The molecule has 20 nitrogen and oxygen atoms in total. The molecule has 20 heteroatoms. The summed E-state index contributed by atoms with van der Waals surface area (Å²) in [6.07, 6.45) is 35.7. The van der Waals surface area contributed by atoms with Crippen LogP contribution in [0.2, 0.25) is 0 Å². The van der Waals surface area contributed by atoms with E-state index in [2.05, 4.69) is 34.6 Å². The van der Waals surface area contributed by atoms with E-state index in [1.165, 1.54) is 109 Å². The molecule has 0 aliphatic carbocycles. The summed E-state index contributed by atoms with van der Waals surface area (Å²) >= 11 is 0. The highest BCUT2D eigenvalue weighted by Crippen LogP contribution is 2.25. The molecule has 550 valence electrons. The van der Waals surface area contributed by atoms with Gasteiger partial charge in [0.15, 0.2) is 0 Å². The quantitative estimate of drug-likeness (QED) is 0.0313. The minimum atomic E-state index is -0.242. The number of likely N-dealkylation sites (tertiary alicyclic amines) is 5. The third-order valence-electron chi connectivity index (χ3n) is 17.6. The van der Waals surface area contributed by atoms with Crippen LogP contribution in [-0.2, 0) is 71.6 Å². The van der Waals surface area contributed by atoms with E-state index in [0.29, 0.717) is 97.9 Å². The summed E-state index contributed by atoms with van der Waals surface area (Å²) < 4.78 is 25.5. The maximum Gasteiger partial charge on any atom is 0.311 e. The highest BCUT2D eigenvalue weighted by atomic mass is 16.5. The monoisotopic (exact) mass is 1350 g/mol. The van der Waals surface area contributed by atoms with E-state index < -0.39 is 0 Å². The van der Waals surface area contributed by atoms with Crippen LogP contribution in [0.1, 0.15) is 294 Å². The Labute approximate surface area is 575 Å². The van der Waals surface area contributed by atoms with Crippen molar-refractivity contribution in [1.82, 2.24) is 24.5 Å². The molecule has 0 radical (unpaired) electrons. The van der Waals surface area contributed by atoms with Crippen LogP contribution >= 0.6 is 0 Å². The van der Waals surface area contributed by atoms with Crippen molar-refractivity contribution in [1.29, 1.82) is 0 Å². The van der Waals surface area contributed by atoms with Gasteiger partial charge < -0.3 is 48.2 Å². The number of hydrogen-bond donors (Lipinski definition) is 0. The lowest BCUT2D eigenvalue weighted by atomic mass is 10.1. The number of rotatable bonds is 45. The molecular weight excluding hydrogens is 1210 g/mol. The summed E-state index contributed by atoms with van der Waals surface area (Å²) in [5.74, 6) is -1.71. The Hall–Kier alpha value is -5.30. The van der Waals surface area contributed by atoms with E-state index in [1.54, 1.807) is 4.90 Å². The fraction of sp³-hybridized carbons (Fsp3) is 0.867. The van der Waals surface area contributed by atoms with Gasteiger partial charge in [0.1, 0.15) is 0 Å². The van der Waals surface area contributed by atoms with Crippen molar-refractivity contribution in [2.24, 2.45) is 29.6 Å². The molecule has 5 rings (SSSR count). The Morgan fingerprint density at radius 3 is 0.568 bits per heavy atom. The molecule has 5 saturated heterocycles. The molecule has 5 aliphatic heterocycles. The Kier molecular flexibility index (Phi) is 52.3. The summed E-state index contributed by atoms with van der Waals surface area (Å²) in [6, 6.07) is 0. The smallest absolute Gasteiger partial charge is 0.311 e. The van der Waals surface area contributed by atoms with Gasteiger partial charge in [-0.2, -0.15) is 0 Å². The first-order valence-electron chi connectivity index (χ1n) is 38.2. The summed E-state index contributed by atoms with van der Waals surface area (Å²) in [5, 5.41) is 0. The predicted molar refractivity (Wildman–Crippen MR) is 373 cm³/mol. The van der Waals surface area contributed by atoms with Crippen molar-refractivity contribution in [2.75, 3.05) is 98.5 Å². The highest BCUT2D eigenvalue weighted by Gasteiger charge is 2.39. The first-order chi connectivity index (χ1) is 45.9. The van der Waals surface area contributed by atoms with Crippen molar-refractivity contribution in [2.45, 2.75) is 294 Å². The highest BCUT2D eigenvalue weighted by molar-refractivity contribution is 5.89. The summed E-state index contributed by atoms with van der Waals surface area (Å²) in [6.45, 7) is 29.8. The van der Waals surface area contributed by atoms with Crippen molar-refractivity contribution < 1.29 is 71.6 Å². The number of amides is 5. The summed E-state index contributed by atoms with van der Waals surface area (Å²) in [4.78, 5) is 127. The van der Waals surface area contributed by atoms with Crippen LogP contribution in [0.15, 0.2) is 0 Å². The van der Waals surface area contributed by atoms with E-state index in [4.69, 9.17) is 23.7 Å². The van der Waals surface area contributed by atoms with Gasteiger partial charge in [0.2, 0.25) is 29.5 Å². The van der Waals surface area contributed by atoms with Gasteiger partial charge >= 0.3 is 29.8 Å². The molecular formula is C75H135N5O15. The molecule has 0 aromatic carbocycles. The SMILES string of the molecule is CCCCCCCCCN1CC(C(=O)OCCC)CC1=O.CCCCCCCCN1CC(C(=O)OCCC)CC1=O.CCCCCCCN1CC(C(=O)OCCC)CC1=O.CCCCCCN1CC(C(=O)OCCC)CC1=O.CCCCCN1CC(C(=O)OCCC)CC1=O. The molecule has 0 saturated carbocycles. The zero-order chi connectivity index (χ0) is 70.4. The molecule has 0 spiro atoms. The van der Waals surface area contributed by atoms with Gasteiger partial charge in [-0.1, -0.05) is 198 Å². The zero-order valence-electron chi connectivity index (χ0n) is 61.6. The van der Waals surface area contributed by atoms with Crippen LogP contribution in [0.25, 0.3) is 0 Å². The molecule has 95 heavy (non-hydrogen) atoms. The van der Waals surface area contributed by atoms with Crippen molar-refractivity contribution in [3.8, 4) is 0 Å². The van der Waals surface area contributed by atoms with E-state index in [9.17, 15) is 47.9 Å². The molecule has 5 amide bonds. The van der Waals surface area contributed by atoms with E-state index in [0.717, 1.165) is 116 Å². The van der Waals surface area contributed by atoms with Crippen LogP contribution in [0.5, 0.6) is 0 Å². The van der Waals surface area contributed by atoms with Gasteiger partial charge in [-0.25, -0.2) is 0 Å². The molecule has 5 fully saturated rings. The van der Waals surface area contributed by atoms with Crippen molar-refractivity contribution >= 4 is 59.4 Å². The molecule has 0 bridgehead atoms. The standard InChI is InChI=1S/C17H31NO3.C16H29NO3.C15H27NO3.C14H25NO3.C13H23NO3/c1-3-5-6-7-8-9-10-11-18-14-15(13-16(18)19)17(20)21-12-4-2;1-3-5-6-7-8-9-10-17-13-14(12-15(17)18)16(19)20-11-4-2;1-3-5-6-7-8-9-16-12-13(11-14(16)17)15(18)19-10-4-2;1-3-5-6-7-8-15-11-12(10-13(15)16)14(17)18-9-4-2;1-3-5-6-7-14-10-11(9-12(14)15)13(16)17-8-4-2/h15H,3-14H2,1-2H3;14H,3-13H2,1-2H3;13H,3-12H2,1-2H3;12H,3-11H2,1-2H3;11H,3-10H2,1-2H3. The van der Waals surface area contributed by atoms with Gasteiger partial charge in [0.05, 0.1) is 62.6 Å². The number of hydrogen-bond acceptors (Lipinski definition) is 15. The lowest BCUT2D eigenvalue weighted by molar-refractivity contribution is -0.149. The predicted octanol–water partition coefficient (Wildman–Crippen LogP) is 13.8. The first kappa shape index (κ1) is 87.7. The van der Waals surface area contributed by atoms with Gasteiger partial charge in [0.25, 0.3) is 0 Å². The Bertz CT molecular complexity index is 2130. The summed E-state index contributed by atoms with van der Waals surface area (Å²) in [7, 11) is 0. The van der Waals surface area contributed by atoms with E-state index >= 15 is 0 Å². The van der Waals surface area contributed by atoms with Gasteiger partial charge in [0, 0.05) is 97.6 Å². The molecule has 5 unspecified atom stereocenters. The van der Waals surface area contributed by atoms with Crippen molar-refractivity contribution in [3.05, 3.63) is 0 Å². The Balaban J connectivity index is 0.000000595. The number of unbranched alkanes of at least 4 members (excludes halogenated alkanes) is 20. The minimum absolute atomic E-state index is 0.0968. The number of ether oxygens (including phenoxy) is 5. The Morgan fingerprint density at radius 2 is 0.389 bits per heavy atom. The fourth-order valence-electron chi connectivity index (χ4n) is 11.9. The number of nitrogens with zero attached hydrogens (tertiary/aromatic N) is 5. The summed E-state index contributed by atoms with van der Waals surface area (Å²) in [5.41, 5.74) is 0. The van der Waals surface area contributed by atoms with Crippen LogP contribution in [0.4, 0.5) is 0 Å². The van der Waals surface area contributed by atoms with E-state index in [-0.39, 0.29) is 89.0 Å².